The second-order valence-electron chi connectivity index (χ2n) is 7.20. The molecule has 3 aromatic heterocycles. The molecule has 0 radical (unpaired) electrons. The number of methoxy groups -OCH3 is 1. The maximum Gasteiger partial charge on any atom is 0.254 e. The van der Waals surface area contributed by atoms with Gasteiger partial charge in [0.1, 0.15) is 11.6 Å². The zero-order valence-electron chi connectivity index (χ0n) is 18.1. The molecule has 0 saturated heterocycles. The van der Waals surface area contributed by atoms with Gasteiger partial charge < -0.3 is 15.0 Å². The summed E-state index contributed by atoms with van der Waals surface area (Å²) in [5, 5.41) is 12.1. The average molecular weight is 429 g/mol. The summed E-state index contributed by atoms with van der Waals surface area (Å²) in [4.78, 5) is 28.3. The Morgan fingerprint density at radius 3 is 2.56 bits per heavy atom. The van der Waals surface area contributed by atoms with E-state index in [4.69, 9.17) is 4.74 Å². The molecule has 1 N–H and O–H groups in total. The molecule has 0 saturated carbocycles. The van der Waals surface area contributed by atoms with E-state index in [-0.39, 0.29) is 19.0 Å². The number of rotatable bonds is 7. The van der Waals surface area contributed by atoms with E-state index in [9.17, 15) is 4.79 Å². The summed E-state index contributed by atoms with van der Waals surface area (Å²) in [7, 11) is 3.37. The predicted octanol–water partition coefficient (Wildman–Crippen LogP) is 3.02. The van der Waals surface area contributed by atoms with E-state index < -0.39 is 0 Å². The number of hydrogen-bond acceptors (Lipinski definition) is 8. The first-order valence-corrected chi connectivity index (χ1v) is 10.1. The fourth-order valence-corrected chi connectivity index (χ4v) is 3.37. The lowest BCUT2D eigenvalue weighted by Crippen LogP contribution is -2.31. The zero-order chi connectivity index (χ0) is 22.5. The molecule has 32 heavy (non-hydrogen) atoms. The molecule has 1 amide bonds. The Kier molecular flexibility index (Phi) is 6.16. The quantitative estimate of drug-likeness (QED) is 0.478. The molecule has 0 aliphatic carbocycles. The zero-order valence-corrected chi connectivity index (χ0v) is 18.1. The smallest absolute Gasteiger partial charge is 0.254 e. The van der Waals surface area contributed by atoms with Gasteiger partial charge in [-0.3, -0.25) is 4.79 Å². The Morgan fingerprint density at radius 1 is 1.06 bits per heavy atom. The van der Waals surface area contributed by atoms with E-state index in [0.717, 1.165) is 22.3 Å². The first kappa shape index (κ1) is 21.1. The highest BCUT2D eigenvalue weighted by Crippen LogP contribution is 2.22. The van der Waals surface area contributed by atoms with Crippen molar-refractivity contribution in [3.05, 3.63) is 77.5 Å². The minimum atomic E-state index is -0.160. The van der Waals surface area contributed by atoms with Crippen LogP contribution in [0.15, 0.2) is 54.9 Å². The number of nitrogens with zero attached hydrogens (tertiary/aromatic N) is 6. The van der Waals surface area contributed by atoms with E-state index in [1.807, 2.05) is 32.2 Å². The van der Waals surface area contributed by atoms with E-state index in [0.29, 0.717) is 23.0 Å². The Morgan fingerprint density at radius 2 is 1.88 bits per heavy atom. The Hall–Kier alpha value is -4.14. The first-order valence-electron chi connectivity index (χ1n) is 10.1. The highest BCUT2D eigenvalue weighted by molar-refractivity contribution is 5.98. The van der Waals surface area contributed by atoms with Crippen molar-refractivity contribution in [3.63, 3.8) is 0 Å². The Bertz CT molecular complexity index is 1230. The van der Waals surface area contributed by atoms with Crippen molar-refractivity contribution in [2.24, 2.45) is 0 Å². The van der Waals surface area contributed by atoms with Crippen LogP contribution < -0.4 is 10.1 Å². The van der Waals surface area contributed by atoms with Crippen molar-refractivity contribution < 1.29 is 9.53 Å². The minimum absolute atomic E-state index is 0.160. The number of pyridine rings is 1. The monoisotopic (exact) mass is 429 g/mol. The molecule has 3 heterocycles. The third-order valence-corrected chi connectivity index (χ3v) is 4.99. The van der Waals surface area contributed by atoms with Gasteiger partial charge in [-0.25, -0.2) is 15.0 Å². The maximum atomic E-state index is 13.5. The van der Waals surface area contributed by atoms with Gasteiger partial charge in [0, 0.05) is 36.5 Å². The summed E-state index contributed by atoms with van der Waals surface area (Å²) in [5.41, 5.74) is 3.00. The molecule has 0 unspecified atom stereocenters. The van der Waals surface area contributed by atoms with Crippen LogP contribution in [0.2, 0.25) is 0 Å². The third kappa shape index (κ3) is 4.61. The number of amides is 1. The summed E-state index contributed by atoms with van der Waals surface area (Å²) >= 11 is 0. The summed E-state index contributed by atoms with van der Waals surface area (Å²) in [6.07, 6.45) is 3.31. The predicted molar refractivity (Wildman–Crippen MR) is 120 cm³/mol. The molecular weight excluding hydrogens is 406 g/mol. The van der Waals surface area contributed by atoms with Gasteiger partial charge >= 0.3 is 0 Å². The fourth-order valence-electron chi connectivity index (χ4n) is 3.37. The highest BCUT2D eigenvalue weighted by atomic mass is 16.5. The normalized spacial score (nSPS) is 10.7. The van der Waals surface area contributed by atoms with Crippen molar-refractivity contribution in [3.8, 4) is 5.88 Å². The number of benzene rings is 1. The third-order valence-electron chi connectivity index (χ3n) is 4.99. The van der Waals surface area contributed by atoms with Crippen molar-refractivity contribution in [1.82, 2.24) is 30.0 Å². The standard InChI is InChI=1S/C23H23N7O2/c1-15-11-17-12-16(5-7-19(17)27-22(15)24-2)23(31)30(14-20-25-9-4-10-26-20)13-18-6-8-21(32-3)29-28-18/h4-12H,13-14H2,1-3H3,(H,24,27). The van der Waals surface area contributed by atoms with Gasteiger partial charge in [-0.1, -0.05) is 0 Å². The molecule has 9 nitrogen and oxygen atoms in total. The van der Waals surface area contributed by atoms with E-state index >= 15 is 0 Å². The van der Waals surface area contributed by atoms with Gasteiger partial charge in [0.2, 0.25) is 5.88 Å². The van der Waals surface area contributed by atoms with Crippen LogP contribution in [0.1, 0.15) is 27.4 Å². The SMILES string of the molecule is CNc1nc2ccc(C(=O)N(Cc3ccc(OC)nn3)Cc3ncccn3)cc2cc1C. The molecule has 0 aliphatic rings. The second-order valence-corrected chi connectivity index (χ2v) is 7.20. The lowest BCUT2D eigenvalue weighted by atomic mass is 10.1. The molecular formula is C23H23N7O2. The van der Waals surface area contributed by atoms with Gasteiger partial charge in [0.05, 0.1) is 31.4 Å². The summed E-state index contributed by atoms with van der Waals surface area (Å²) in [5.74, 6) is 1.61. The number of fused-ring (bicyclic) bond motifs is 1. The first-order chi connectivity index (χ1) is 15.6. The average Bonchev–Trinajstić information content (AvgIpc) is 2.83. The van der Waals surface area contributed by atoms with Crippen molar-refractivity contribution in [2.45, 2.75) is 20.0 Å². The lowest BCUT2D eigenvalue weighted by molar-refractivity contribution is 0.0723. The number of ether oxygens (including phenoxy) is 1. The number of nitrogens with one attached hydrogen (secondary N) is 1. The van der Waals surface area contributed by atoms with Crippen LogP contribution in [0.25, 0.3) is 10.9 Å². The molecule has 0 aliphatic heterocycles. The summed E-state index contributed by atoms with van der Waals surface area (Å²) in [6.45, 7) is 2.47. The molecule has 1 aromatic carbocycles. The van der Waals surface area contributed by atoms with Crippen LogP contribution in [-0.4, -0.2) is 50.1 Å². The summed E-state index contributed by atoms with van der Waals surface area (Å²) in [6, 6.07) is 12.7. The van der Waals surface area contributed by atoms with E-state index in [2.05, 4.69) is 30.5 Å². The number of carbonyl (C=O) groups is 1. The second kappa shape index (κ2) is 9.34. The van der Waals surface area contributed by atoms with E-state index in [1.54, 1.807) is 41.6 Å². The van der Waals surface area contributed by atoms with Gasteiger partial charge in [-0.2, -0.15) is 5.10 Å². The minimum Gasteiger partial charge on any atom is -0.480 e. The van der Waals surface area contributed by atoms with Gasteiger partial charge in [-0.15, -0.1) is 5.10 Å². The summed E-state index contributed by atoms with van der Waals surface area (Å²) < 4.78 is 5.07. The number of aromatic nitrogens is 5. The van der Waals surface area contributed by atoms with Crippen LogP contribution in [0.3, 0.4) is 0 Å². The maximum absolute atomic E-state index is 13.5. The molecule has 0 spiro atoms. The number of aryl methyl sites for hydroxylation is 1. The van der Waals surface area contributed by atoms with Crippen LogP contribution in [0, 0.1) is 6.92 Å². The molecule has 0 fully saturated rings. The van der Waals surface area contributed by atoms with Crippen LogP contribution in [0.4, 0.5) is 5.82 Å². The Balaban J connectivity index is 1.66. The van der Waals surface area contributed by atoms with Crippen molar-refractivity contribution in [1.29, 1.82) is 0 Å². The van der Waals surface area contributed by atoms with Gasteiger partial charge in [0.25, 0.3) is 5.91 Å². The molecule has 0 bridgehead atoms. The molecule has 4 rings (SSSR count). The van der Waals surface area contributed by atoms with Crippen LogP contribution >= 0.6 is 0 Å². The van der Waals surface area contributed by atoms with Crippen LogP contribution in [0.5, 0.6) is 5.88 Å². The number of hydrogen-bond donors (Lipinski definition) is 1. The fraction of sp³-hybridized carbons (Fsp3) is 0.217. The number of carbonyl (C=O) groups excluding carboxylic acids is 1. The largest absolute Gasteiger partial charge is 0.480 e. The highest BCUT2D eigenvalue weighted by Gasteiger charge is 2.19. The molecule has 9 heteroatoms. The molecule has 4 aromatic rings. The molecule has 162 valence electrons. The van der Waals surface area contributed by atoms with Gasteiger partial charge in [-0.05, 0) is 48.9 Å². The van der Waals surface area contributed by atoms with E-state index in [1.165, 1.54) is 7.11 Å². The Labute approximate surface area is 185 Å². The lowest BCUT2D eigenvalue weighted by Gasteiger charge is -2.22. The van der Waals surface area contributed by atoms with Crippen LogP contribution in [-0.2, 0) is 13.1 Å². The van der Waals surface area contributed by atoms with Gasteiger partial charge in [0.15, 0.2) is 0 Å². The molecule has 0 atom stereocenters. The van der Waals surface area contributed by atoms with Crippen molar-refractivity contribution in [2.75, 3.05) is 19.5 Å². The topological polar surface area (TPSA) is 106 Å². The number of anilines is 1. The van der Waals surface area contributed by atoms with Crippen molar-refractivity contribution >= 4 is 22.6 Å².